The lowest BCUT2D eigenvalue weighted by Gasteiger charge is -2.39. The fourth-order valence-corrected chi connectivity index (χ4v) is 5.46. The highest BCUT2D eigenvalue weighted by Gasteiger charge is 2.45. The number of carbonyl (C=O) groups is 2. The van der Waals surface area contributed by atoms with Gasteiger partial charge in [-0.05, 0) is 47.9 Å². The van der Waals surface area contributed by atoms with Gasteiger partial charge in [-0.15, -0.1) is 0 Å². The number of aliphatic carboxylic acids is 1. The molecule has 2 saturated heterocycles. The van der Waals surface area contributed by atoms with Gasteiger partial charge in [-0.3, -0.25) is 9.59 Å². The summed E-state index contributed by atoms with van der Waals surface area (Å²) in [7, 11) is 0. The molecule has 0 radical (unpaired) electrons. The van der Waals surface area contributed by atoms with E-state index in [-0.39, 0.29) is 22.8 Å². The van der Waals surface area contributed by atoms with Gasteiger partial charge < -0.3 is 31.5 Å². The minimum Gasteiger partial charge on any atom is -0.480 e. The first-order valence-corrected chi connectivity index (χ1v) is 13.0. The predicted octanol–water partition coefficient (Wildman–Crippen LogP) is 3.54. The van der Waals surface area contributed by atoms with E-state index in [9.17, 15) is 27.9 Å². The first-order valence-electron chi connectivity index (χ1n) is 13.0. The maximum absolute atomic E-state index is 14.1. The molecule has 2 aliphatic heterocycles. The van der Waals surface area contributed by atoms with E-state index in [2.05, 4.69) is 15.3 Å². The van der Waals surface area contributed by atoms with Crippen molar-refractivity contribution in [3.63, 3.8) is 0 Å². The fourth-order valence-electron chi connectivity index (χ4n) is 5.46. The fraction of sp³-hybridized carbons (Fsp3) is 0.357. The molecule has 0 bridgehead atoms. The van der Waals surface area contributed by atoms with E-state index in [4.69, 9.17) is 16.2 Å². The zero-order valence-electron chi connectivity index (χ0n) is 21.9. The van der Waals surface area contributed by atoms with Crippen LogP contribution < -0.4 is 26.4 Å². The highest BCUT2D eigenvalue weighted by Crippen LogP contribution is 2.41. The molecule has 2 unspecified atom stereocenters. The number of halogens is 3. The van der Waals surface area contributed by atoms with Crippen molar-refractivity contribution in [2.75, 3.05) is 30.3 Å². The molecule has 216 valence electrons. The Morgan fingerprint density at radius 2 is 1.66 bits per heavy atom. The molecule has 1 amide bonds. The lowest BCUT2D eigenvalue weighted by Crippen LogP contribution is -2.41. The highest BCUT2D eigenvalue weighted by molar-refractivity contribution is 5.93. The number of anilines is 2. The number of carbonyl (C=O) groups excluding carboxylic acids is 1. The van der Waals surface area contributed by atoms with Crippen LogP contribution in [0.1, 0.15) is 41.3 Å². The summed E-state index contributed by atoms with van der Waals surface area (Å²) in [6.07, 6.45) is -5.13. The number of hydrogen-bond acceptors (Lipinski definition) is 8. The predicted molar refractivity (Wildman–Crippen MR) is 144 cm³/mol. The Labute approximate surface area is 233 Å². The molecule has 1 spiro atoms. The molecule has 41 heavy (non-hydrogen) atoms. The van der Waals surface area contributed by atoms with Gasteiger partial charge in [0.15, 0.2) is 0 Å². The number of amides is 1. The van der Waals surface area contributed by atoms with Crippen molar-refractivity contribution in [2.24, 2.45) is 11.1 Å². The summed E-state index contributed by atoms with van der Waals surface area (Å²) in [6.45, 7) is 1.67. The van der Waals surface area contributed by atoms with Gasteiger partial charge in [0.2, 0.25) is 23.8 Å². The van der Waals surface area contributed by atoms with Crippen LogP contribution in [-0.2, 0) is 4.79 Å². The number of nitrogens with two attached hydrogens (primary N) is 2. The molecule has 6 N–H and O–H groups in total. The van der Waals surface area contributed by atoms with Crippen LogP contribution in [0.15, 0.2) is 54.6 Å². The Morgan fingerprint density at radius 1 is 1.05 bits per heavy atom. The van der Waals surface area contributed by atoms with Gasteiger partial charge in [-0.25, -0.2) is 0 Å². The third-order valence-electron chi connectivity index (χ3n) is 7.77. The number of nitrogens with one attached hydrogen (secondary N) is 1. The van der Waals surface area contributed by atoms with Crippen molar-refractivity contribution in [3.05, 3.63) is 65.7 Å². The summed E-state index contributed by atoms with van der Waals surface area (Å²) in [5.74, 6) is -1.63. The van der Waals surface area contributed by atoms with Crippen molar-refractivity contribution in [1.29, 1.82) is 0 Å². The van der Waals surface area contributed by atoms with Crippen molar-refractivity contribution in [1.82, 2.24) is 15.3 Å². The molecule has 0 aliphatic carbocycles. The normalized spacial score (nSPS) is 19.2. The van der Waals surface area contributed by atoms with E-state index in [0.29, 0.717) is 61.4 Å². The van der Waals surface area contributed by atoms with Crippen LogP contribution in [0.2, 0.25) is 0 Å². The Bertz CT molecular complexity index is 1420. The number of aromatic nitrogens is 2. The van der Waals surface area contributed by atoms with Crippen molar-refractivity contribution < 1.29 is 32.6 Å². The summed E-state index contributed by atoms with van der Waals surface area (Å²) in [5.41, 5.74) is 12.5. The zero-order chi connectivity index (χ0) is 29.4. The van der Waals surface area contributed by atoms with Gasteiger partial charge in [0.05, 0.1) is 0 Å². The first-order chi connectivity index (χ1) is 19.4. The summed E-state index contributed by atoms with van der Waals surface area (Å²) in [5, 5.41) is 12.4. The molecule has 2 aromatic carbocycles. The number of benzene rings is 2. The summed E-state index contributed by atoms with van der Waals surface area (Å²) in [6, 6.07) is 12.9. The summed E-state index contributed by atoms with van der Waals surface area (Å²) in [4.78, 5) is 32.6. The SMILES string of the molecule is NC(=O)c1ccc(-c2ccc(C(Oc3cc(N4CCC5(CC4)CNC(C(=O)O)C5)nc(N)n3)C(F)(F)F)cc2)cc1. The Hall–Kier alpha value is -4.39. The number of primary amides is 1. The van der Waals surface area contributed by atoms with Gasteiger partial charge in [0.25, 0.3) is 0 Å². The van der Waals surface area contributed by atoms with Crippen molar-refractivity contribution >= 4 is 23.6 Å². The average molecular weight is 571 g/mol. The van der Waals surface area contributed by atoms with E-state index in [1.165, 1.54) is 30.3 Å². The second-order valence-electron chi connectivity index (χ2n) is 10.5. The quantitative estimate of drug-likeness (QED) is 0.334. The molecule has 0 saturated carbocycles. The Morgan fingerprint density at radius 3 is 2.20 bits per heavy atom. The lowest BCUT2D eigenvalue weighted by molar-refractivity contribution is -0.198. The molecule has 2 aliphatic rings. The number of ether oxygens (including phenoxy) is 1. The third-order valence-corrected chi connectivity index (χ3v) is 7.77. The molecule has 13 heteroatoms. The molecule has 10 nitrogen and oxygen atoms in total. The maximum atomic E-state index is 14.1. The van der Waals surface area contributed by atoms with Crippen LogP contribution in [0, 0.1) is 5.41 Å². The van der Waals surface area contributed by atoms with Crippen molar-refractivity contribution in [2.45, 2.75) is 37.6 Å². The van der Waals surface area contributed by atoms with Gasteiger partial charge >= 0.3 is 12.1 Å². The number of rotatable bonds is 7. The van der Waals surface area contributed by atoms with E-state index >= 15 is 0 Å². The Balaban J connectivity index is 1.31. The highest BCUT2D eigenvalue weighted by atomic mass is 19.4. The summed E-state index contributed by atoms with van der Waals surface area (Å²) < 4.78 is 47.8. The van der Waals surface area contributed by atoms with Crippen LogP contribution in [0.4, 0.5) is 24.9 Å². The number of carboxylic acid groups (broad SMARTS) is 1. The Kier molecular flexibility index (Phi) is 7.47. The molecule has 5 rings (SSSR count). The maximum Gasteiger partial charge on any atom is 0.429 e. The number of nitrogens with zero attached hydrogens (tertiary/aromatic N) is 3. The third kappa shape index (κ3) is 6.19. The largest absolute Gasteiger partial charge is 0.480 e. The lowest BCUT2D eigenvalue weighted by atomic mass is 9.76. The van der Waals surface area contributed by atoms with Crippen LogP contribution in [0.25, 0.3) is 11.1 Å². The van der Waals surface area contributed by atoms with Gasteiger partial charge in [-0.1, -0.05) is 36.4 Å². The molecule has 3 aromatic rings. The average Bonchev–Trinajstić information content (AvgIpc) is 3.35. The summed E-state index contributed by atoms with van der Waals surface area (Å²) >= 11 is 0. The minimum absolute atomic E-state index is 0.129. The number of alkyl halides is 3. The number of hydrogen-bond donors (Lipinski definition) is 4. The van der Waals surface area contributed by atoms with E-state index in [1.54, 1.807) is 24.3 Å². The van der Waals surface area contributed by atoms with Crippen LogP contribution in [-0.4, -0.2) is 58.8 Å². The molecular weight excluding hydrogens is 541 g/mol. The van der Waals surface area contributed by atoms with Crippen LogP contribution >= 0.6 is 0 Å². The standard InChI is InChI=1S/C28H29F3N6O4/c29-28(30,31)23(18-5-1-16(2-6-18)17-3-7-19(8-4-17)24(32)38)41-22-13-21(35-26(33)36-22)37-11-9-27(10-12-37)14-20(25(39)40)34-15-27/h1-8,13,20,23,34H,9-12,14-15H2,(H2,32,38)(H,39,40)(H2,33,35,36). The number of carboxylic acids is 1. The first kappa shape index (κ1) is 28.1. The van der Waals surface area contributed by atoms with Crippen molar-refractivity contribution in [3.8, 4) is 17.0 Å². The monoisotopic (exact) mass is 570 g/mol. The molecule has 2 atom stereocenters. The van der Waals surface area contributed by atoms with E-state index < -0.39 is 30.2 Å². The minimum atomic E-state index is -4.75. The second kappa shape index (κ2) is 10.9. The van der Waals surface area contributed by atoms with Crippen LogP contribution in [0.5, 0.6) is 5.88 Å². The van der Waals surface area contributed by atoms with E-state index in [1.807, 2.05) is 4.90 Å². The van der Waals surface area contributed by atoms with Gasteiger partial charge in [-0.2, -0.15) is 23.1 Å². The van der Waals surface area contributed by atoms with Crippen LogP contribution in [0.3, 0.4) is 0 Å². The number of nitrogen functional groups attached to an aromatic ring is 1. The molecule has 3 heterocycles. The zero-order valence-corrected chi connectivity index (χ0v) is 21.9. The van der Waals surface area contributed by atoms with Gasteiger partial charge in [0.1, 0.15) is 11.9 Å². The second-order valence-corrected chi connectivity index (χ2v) is 10.5. The number of piperidine rings is 1. The molecule has 1 aromatic heterocycles. The molecular formula is C28H29F3N6O4. The molecule has 2 fully saturated rings. The van der Waals surface area contributed by atoms with E-state index in [0.717, 1.165) is 0 Å². The van der Waals surface area contributed by atoms with Gasteiger partial charge in [0, 0.05) is 36.8 Å². The smallest absolute Gasteiger partial charge is 0.429 e. The topological polar surface area (TPSA) is 157 Å².